The Morgan fingerprint density at radius 3 is 2.10 bits per heavy atom. The van der Waals surface area contributed by atoms with Crippen LogP contribution in [0.15, 0.2) is 0 Å². The molecule has 3 fully saturated rings. The zero-order chi connectivity index (χ0) is 15.5. The van der Waals surface area contributed by atoms with E-state index in [2.05, 4.69) is 33.0 Å². The molecule has 3 heterocycles. The van der Waals surface area contributed by atoms with Crippen molar-refractivity contribution in [3.63, 3.8) is 0 Å². The van der Waals surface area contributed by atoms with Crippen LogP contribution in [0, 0.1) is 5.41 Å². The molecule has 0 radical (unpaired) electrons. The Morgan fingerprint density at radius 2 is 1.57 bits per heavy atom. The maximum absolute atomic E-state index is 11.7. The van der Waals surface area contributed by atoms with Gasteiger partial charge in [0.15, 0.2) is 0 Å². The van der Waals surface area contributed by atoms with E-state index in [1.54, 1.807) is 0 Å². The summed E-state index contributed by atoms with van der Waals surface area (Å²) < 4.78 is 35.9. The average molecular weight is 315 g/mol. The molecular weight excluding hydrogens is 289 g/mol. The van der Waals surface area contributed by atoms with Gasteiger partial charge in [-0.1, -0.05) is 0 Å². The van der Waals surface area contributed by atoms with E-state index in [-0.39, 0.29) is 29.6 Å². The van der Waals surface area contributed by atoms with E-state index in [9.17, 15) is 8.42 Å². The van der Waals surface area contributed by atoms with Gasteiger partial charge in [0.2, 0.25) is 0 Å². The Balaban J connectivity index is 1.80. The highest BCUT2D eigenvalue weighted by Gasteiger charge is 2.60. The van der Waals surface area contributed by atoms with Crippen LogP contribution in [0.1, 0.15) is 40.5 Å². The standard InChI is InChI=1S/C14H26BNO4S/c1-12(2)13(3,4)20-15(19-12)11-9-16-10-14(11)5-7-21(17,18)8-6-14/h11,16H,5-10H2,1-4H3. The first-order valence-electron chi connectivity index (χ1n) is 7.84. The fraction of sp³-hybridized carbons (Fsp3) is 1.00. The van der Waals surface area contributed by atoms with Gasteiger partial charge in [-0.25, -0.2) is 8.42 Å². The van der Waals surface area contributed by atoms with Crippen molar-refractivity contribution in [1.82, 2.24) is 5.32 Å². The van der Waals surface area contributed by atoms with E-state index in [0.29, 0.717) is 11.5 Å². The van der Waals surface area contributed by atoms with Crippen LogP contribution >= 0.6 is 0 Å². The zero-order valence-corrected chi connectivity index (χ0v) is 14.3. The summed E-state index contributed by atoms with van der Waals surface area (Å²) in [6.45, 7) is 9.97. The van der Waals surface area contributed by atoms with E-state index in [1.165, 1.54) is 0 Å². The van der Waals surface area contributed by atoms with Gasteiger partial charge >= 0.3 is 7.12 Å². The summed E-state index contributed by atoms with van der Waals surface area (Å²) in [5.74, 6) is 0.823. The number of hydrogen-bond acceptors (Lipinski definition) is 5. The number of hydrogen-bond donors (Lipinski definition) is 1. The highest BCUT2D eigenvalue weighted by molar-refractivity contribution is 7.91. The molecule has 0 aromatic rings. The third-order valence-corrected chi connectivity index (χ3v) is 7.70. The summed E-state index contributed by atoms with van der Waals surface area (Å²) in [6, 6.07) is 0. The fourth-order valence-electron chi connectivity index (χ4n) is 3.75. The lowest BCUT2D eigenvalue weighted by Crippen LogP contribution is -2.43. The molecule has 0 bridgehead atoms. The largest absolute Gasteiger partial charge is 0.463 e. The van der Waals surface area contributed by atoms with Crippen LogP contribution in [-0.2, 0) is 19.1 Å². The predicted molar refractivity (Wildman–Crippen MR) is 83.0 cm³/mol. The minimum absolute atomic E-state index is 0.00644. The van der Waals surface area contributed by atoms with Crippen LogP contribution in [0.3, 0.4) is 0 Å². The average Bonchev–Trinajstić information content (AvgIpc) is 2.84. The minimum atomic E-state index is -2.85. The number of sulfone groups is 1. The lowest BCUT2D eigenvalue weighted by molar-refractivity contribution is 0.00578. The van der Waals surface area contributed by atoms with Gasteiger partial charge < -0.3 is 14.6 Å². The topological polar surface area (TPSA) is 64.6 Å². The molecular formula is C14H26BNO4S. The summed E-state index contributed by atoms with van der Waals surface area (Å²) in [5.41, 5.74) is -0.656. The summed E-state index contributed by atoms with van der Waals surface area (Å²) >= 11 is 0. The molecule has 0 aromatic carbocycles. The van der Waals surface area contributed by atoms with Crippen LogP contribution in [0.5, 0.6) is 0 Å². The SMILES string of the molecule is CC1(C)OB(C2CNCC23CCS(=O)(=O)CC3)OC1(C)C. The van der Waals surface area contributed by atoms with E-state index < -0.39 is 9.84 Å². The lowest BCUT2D eigenvalue weighted by Gasteiger charge is -2.38. The highest BCUT2D eigenvalue weighted by atomic mass is 32.2. The van der Waals surface area contributed by atoms with Crippen LogP contribution in [-0.4, -0.2) is 51.3 Å². The minimum Gasteiger partial charge on any atom is -0.403 e. The molecule has 1 unspecified atom stereocenters. The summed E-state index contributed by atoms with van der Waals surface area (Å²) in [7, 11) is -3.09. The van der Waals surface area contributed by atoms with Gasteiger partial charge in [-0.2, -0.15) is 0 Å². The van der Waals surface area contributed by atoms with Crippen LogP contribution in [0.4, 0.5) is 0 Å². The third-order valence-electron chi connectivity index (χ3n) is 6.05. The van der Waals surface area contributed by atoms with Crippen molar-refractivity contribution in [2.24, 2.45) is 5.41 Å². The van der Waals surface area contributed by atoms with Crippen molar-refractivity contribution in [3.05, 3.63) is 0 Å². The molecule has 21 heavy (non-hydrogen) atoms. The Kier molecular flexibility index (Phi) is 3.53. The molecule has 7 heteroatoms. The Bertz CT molecular complexity index is 501. The second kappa shape index (κ2) is 4.70. The maximum atomic E-state index is 11.7. The smallest absolute Gasteiger partial charge is 0.403 e. The highest BCUT2D eigenvalue weighted by Crippen LogP contribution is 2.51. The van der Waals surface area contributed by atoms with Gasteiger partial charge in [0.05, 0.1) is 22.7 Å². The van der Waals surface area contributed by atoms with Crippen molar-refractivity contribution in [1.29, 1.82) is 0 Å². The van der Waals surface area contributed by atoms with Gasteiger partial charge in [0.25, 0.3) is 0 Å². The molecule has 3 saturated heterocycles. The number of nitrogens with one attached hydrogen (secondary N) is 1. The van der Waals surface area contributed by atoms with Crippen LogP contribution in [0.25, 0.3) is 0 Å². The van der Waals surface area contributed by atoms with Crippen molar-refractivity contribution in [3.8, 4) is 0 Å². The van der Waals surface area contributed by atoms with E-state index in [0.717, 1.165) is 25.9 Å². The van der Waals surface area contributed by atoms with Gasteiger partial charge in [0, 0.05) is 12.4 Å². The first kappa shape index (κ1) is 15.8. The van der Waals surface area contributed by atoms with Crippen molar-refractivity contribution < 1.29 is 17.7 Å². The summed E-state index contributed by atoms with van der Waals surface area (Å²) in [6.07, 6.45) is 1.44. The molecule has 3 aliphatic rings. The summed E-state index contributed by atoms with van der Waals surface area (Å²) in [4.78, 5) is 0. The van der Waals surface area contributed by atoms with E-state index in [1.807, 2.05) is 0 Å². The molecule has 120 valence electrons. The molecule has 5 nitrogen and oxygen atoms in total. The zero-order valence-electron chi connectivity index (χ0n) is 13.4. The molecule has 1 atom stereocenters. The second-order valence-electron chi connectivity index (χ2n) is 7.88. The van der Waals surface area contributed by atoms with Crippen LogP contribution < -0.4 is 5.32 Å². The molecule has 3 aliphatic heterocycles. The molecule has 0 saturated carbocycles. The monoisotopic (exact) mass is 315 g/mol. The Morgan fingerprint density at radius 1 is 1.05 bits per heavy atom. The van der Waals surface area contributed by atoms with Gasteiger partial charge in [-0.05, 0) is 52.5 Å². The van der Waals surface area contributed by atoms with Crippen molar-refractivity contribution >= 4 is 17.0 Å². The maximum Gasteiger partial charge on any atom is 0.463 e. The third kappa shape index (κ3) is 2.56. The number of rotatable bonds is 1. The Labute approximate surface area is 128 Å². The van der Waals surface area contributed by atoms with Gasteiger partial charge in [-0.3, -0.25) is 0 Å². The lowest BCUT2D eigenvalue weighted by atomic mass is 9.56. The van der Waals surface area contributed by atoms with Gasteiger partial charge in [-0.15, -0.1) is 0 Å². The quantitative estimate of drug-likeness (QED) is 0.738. The van der Waals surface area contributed by atoms with E-state index in [4.69, 9.17) is 9.31 Å². The molecule has 0 aliphatic carbocycles. The van der Waals surface area contributed by atoms with Gasteiger partial charge in [0.1, 0.15) is 9.84 Å². The van der Waals surface area contributed by atoms with E-state index >= 15 is 0 Å². The normalized spacial score (nSPS) is 36.2. The molecule has 1 N–H and O–H groups in total. The van der Waals surface area contributed by atoms with Crippen LogP contribution in [0.2, 0.25) is 5.82 Å². The first-order chi connectivity index (χ1) is 9.57. The fourth-order valence-corrected chi connectivity index (χ4v) is 5.39. The second-order valence-corrected chi connectivity index (χ2v) is 10.2. The molecule has 1 spiro atoms. The molecule has 0 amide bonds. The first-order valence-corrected chi connectivity index (χ1v) is 9.66. The molecule has 0 aromatic heterocycles. The predicted octanol–water partition coefficient (Wildman–Crippen LogP) is 1.25. The van der Waals surface area contributed by atoms with Crippen molar-refractivity contribution in [2.45, 2.75) is 57.6 Å². The summed E-state index contributed by atoms with van der Waals surface area (Å²) in [5, 5.41) is 3.44. The molecule has 3 rings (SSSR count). The van der Waals surface area contributed by atoms with Crippen molar-refractivity contribution in [2.75, 3.05) is 24.6 Å². The Hall–Kier alpha value is -0.105.